The second-order valence-electron chi connectivity index (χ2n) is 4.01. The molecule has 2 N–H and O–H groups in total. The number of halogens is 3. The summed E-state index contributed by atoms with van der Waals surface area (Å²) in [6, 6.07) is 0.740. The van der Waals surface area contributed by atoms with Crippen LogP contribution in [-0.2, 0) is 10.0 Å². The number of nitrogen functional groups attached to an aromatic ring is 1. The van der Waals surface area contributed by atoms with Gasteiger partial charge >= 0.3 is 0 Å². The van der Waals surface area contributed by atoms with Crippen molar-refractivity contribution in [2.45, 2.75) is 24.8 Å². The summed E-state index contributed by atoms with van der Waals surface area (Å²) in [5.41, 5.74) is 5.15. The molecule has 0 unspecified atom stereocenters. The Labute approximate surface area is 119 Å². The first-order valence-corrected chi connectivity index (χ1v) is 7.62. The normalized spacial score (nSPS) is 12.4. The fourth-order valence-electron chi connectivity index (χ4n) is 1.22. The van der Waals surface area contributed by atoms with Gasteiger partial charge in [0.1, 0.15) is 4.90 Å². The number of anilines is 1. The van der Waals surface area contributed by atoms with E-state index in [1.54, 1.807) is 13.8 Å². The summed E-state index contributed by atoms with van der Waals surface area (Å²) in [6.45, 7) is 3.36. The first-order chi connectivity index (χ1) is 8.10. The SMILES string of the molecule is CC(C)N(C)S(=O)(=O)c1cc(Cl)c(Br)c(N)c1F. The zero-order chi connectivity index (χ0) is 14.2. The number of rotatable bonds is 3. The molecule has 0 atom stereocenters. The maximum Gasteiger partial charge on any atom is 0.246 e. The van der Waals surface area contributed by atoms with Gasteiger partial charge in [-0.1, -0.05) is 11.6 Å². The van der Waals surface area contributed by atoms with Gasteiger partial charge in [-0.3, -0.25) is 0 Å². The molecule has 18 heavy (non-hydrogen) atoms. The number of benzene rings is 1. The molecule has 102 valence electrons. The number of nitrogens with two attached hydrogens (primary N) is 1. The molecule has 0 aliphatic heterocycles. The largest absolute Gasteiger partial charge is 0.395 e. The van der Waals surface area contributed by atoms with Crippen LogP contribution in [0.2, 0.25) is 5.02 Å². The molecule has 0 radical (unpaired) electrons. The molecule has 1 aromatic carbocycles. The van der Waals surface area contributed by atoms with Crippen LogP contribution in [0, 0.1) is 5.82 Å². The standard InChI is InChI=1S/C10H13BrClFN2O2S/c1-5(2)15(3)18(16,17)7-4-6(12)8(11)10(14)9(7)13/h4-5H,14H2,1-3H3. The van der Waals surface area contributed by atoms with Gasteiger partial charge < -0.3 is 5.73 Å². The Bertz CT molecular complexity index is 578. The third-order valence-corrected chi connectivity index (χ3v) is 5.95. The van der Waals surface area contributed by atoms with Crippen LogP contribution in [0.4, 0.5) is 10.1 Å². The third kappa shape index (κ3) is 2.64. The quantitative estimate of drug-likeness (QED) is 0.667. The van der Waals surface area contributed by atoms with Gasteiger partial charge in [-0.2, -0.15) is 4.31 Å². The van der Waals surface area contributed by atoms with Crippen molar-refractivity contribution < 1.29 is 12.8 Å². The van der Waals surface area contributed by atoms with Gasteiger partial charge in [0.2, 0.25) is 10.0 Å². The molecule has 1 aromatic rings. The van der Waals surface area contributed by atoms with E-state index in [9.17, 15) is 12.8 Å². The van der Waals surface area contributed by atoms with E-state index in [0.29, 0.717) is 0 Å². The van der Waals surface area contributed by atoms with Crippen molar-refractivity contribution in [2.75, 3.05) is 12.8 Å². The molecule has 0 spiro atoms. The highest BCUT2D eigenvalue weighted by Crippen LogP contribution is 2.35. The van der Waals surface area contributed by atoms with Crippen LogP contribution in [0.5, 0.6) is 0 Å². The van der Waals surface area contributed by atoms with Crippen LogP contribution in [-0.4, -0.2) is 25.8 Å². The van der Waals surface area contributed by atoms with Crippen LogP contribution in [0.25, 0.3) is 0 Å². The molecule has 0 saturated carbocycles. The van der Waals surface area contributed by atoms with E-state index in [0.717, 1.165) is 10.4 Å². The molecule has 0 bridgehead atoms. The molecule has 0 amide bonds. The lowest BCUT2D eigenvalue weighted by Crippen LogP contribution is -2.33. The van der Waals surface area contributed by atoms with E-state index in [4.69, 9.17) is 17.3 Å². The molecular weight excluding hydrogens is 347 g/mol. The zero-order valence-electron chi connectivity index (χ0n) is 10.0. The van der Waals surface area contributed by atoms with Gasteiger partial charge in [-0.15, -0.1) is 0 Å². The summed E-state index contributed by atoms with van der Waals surface area (Å²) in [5, 5.41) is 0.0460. The van der Waals surface area contributed by atoms with Crippen LogP contribution < -0.4 is 5.73 Å². The Hall–Kier alpha value is -0.370. The van der Waals surface area contributed by atoms with Gasteiger partial charge in [-0.25, -0.2) is 12.8 Å². The van der Waals surface area contributed by atoms with E-state index in [2.05, 4.69) is 15.9 Å². The van der Waals surface area contributed by atoms with Gasteiger partial charge in [0.15, 0.2) is 5.82 Å². The van der Waals surface area contributed by atoms with Crippen LogP contribution in [0.15, 0.2) is 15.4 Å². The van der Waals surface area contributed by atoms with Crippen LogP contribution >= 0.6 is 27.5 Å². The van der Waals surface area contributed by atoms with E-state index in [1.165, 1.54) is 7.05 Å². The highest BCUT2D eigenvalue weighted by Gasteiger charge is 2.29. The van der Waals surface area contributed by atoms with E-state index in [1.807, 2.05) is 0 Å². The van der Waals surface area contributed by atoms with Gasteiger partial charge in [-0.05, 0) is 35.8 Å². The highest BCUT2D eigenvalue weighted by molar-refractivity contribution is 9.10. The monoisotopic (exact) mass is 358 g/mol. The second-order valence-corrected chi connectivity index (χ2v) is 7.18. The molecular formula is C10H13BrClFN2O2S. The first-order valence-electron chi connectivity index (χ1n) is 5.01. The van der Waals surface area contributed by atoms with E-state index in [-0.39, 0.29) is 21.2 Å². The van der Waals surface area contributed by atoms with Crippen molar-refractivity contribution >= 4 is 43.2 Å². The number of hydrogen-bond acceptors (Lipinski definition) is 3. The Morgan fingerprint density at radius 3 is 2.44 bits per heavy atom. The van der Waals surface area contributed by atoms with Crippen molar-refractivity contribution in [3.63, 3.8) is 0 Å². The predicted octanol–water partition coefficient (Wildman–Crippen LogP) is 2.85. The lowest BCUT2D eigenvalue weighted by atomic mass is 10.3. The summed E-state index contributed by atoms with van der Waals surface area (Å²) in [5.74, 6) is -1.00. The molecule has 0 aliphatic carbocycles. The molecule has 0 aliphatic rings. The maximum absolute atomic E-state index is 13.9. The van der Waals surface area contributed by atoms with E-state index >= 15 is 0 Å². The summed E-state index contributed by atoms with van der Waals surface area (Å²) in [6.07, 6.45) is 0. The summed E-state index contributed by atoms with van der Waals surface area (Å²) < 4.78 is 39.5. The van der Waals surface area contributed by atoms with Gasteiger partial charge in [0.25, 0.3) is 0 Å². The average molecular weight is 360 g/mol. The average Bonchev–Trinajstić information content (AvgIpc) is 2.29. The Balaban J connectivity index is 3.53. The molecule has 1 rings (SSSR count). The van der Waals surface area contributed by atoms with Crippen LogP contribution in [0.1, 0.15) is 13.8 Å². The minimum Gasteiger partial charge on any atom is -0.395 e. The van der Waals surface area contributed by atoms with Crippen molar-refractivity contribution in [1.82, 2.24) is 4.31 Å². The first kappa shape index (κ1) is 15.7. The Morgan fingerprint density at radius 1 is 1.50 bits per heavy atom. The second kappa shape index (κ2) is 5.32. The van der Waals surface area contributed by atoms with Gasteiger partial charge in [0.05, 0.1) is 15.2 Å². The summed E-state index contributed by atoms with van der Waals surface area (Å²) in [7, 11) is -2.59. The smallest absolute Gasteiger partial charge is 0.246 e. The molecule has 0 heterocycles. The van der Waals surface area contributed by atoms with Gasteiger partial charge in [0, 0.05) is 13.1 Å². The molecule has 8 heteroatoms. The fraction of sp³-hybridized carbons (Fsp3) is 0.400. The van der Waals surface area contributed by atoms with Crippen molar-refractivity contribution in [3.8, 4) is 0 Å². The topological polar surface area (TPSA) is 63.4 Å². The fourth-order valence-corrected chi connectivity index (χ4v) is 3.25. The minimum absolute atomic E-state index is 0.0460. The van der Waals surface area contributed by atoms with Crippen molar-refractivity contribution in [1.29, 1.82) is 0 Å². The predicted molar refractivity (Wildman–Crippen MR) is 73.6 cm³/mol. The van der Waals surface area contributed by atoms with Crippen molar-refractivity contribution in [2.24, 2.45) is 0 Å². The zero-order valence-corrected chi connectivity index (χ0v) is 13.2. The summed E-state index contributed by atoms with van der Waals surface area (Å²) in [4.78, 5) is -0.524. The Kier molecular flexibility index (Phi) is 4.64. The maximum atomic E-state index is 13.9. The summed E-state index contributed by atoms with van der Waals surface area (Å²) >= 11 is 8.80. The Morgan fingerprint density at radius 2 is 2.00 bits per heavy atom. The minimum atomic E-state index is -3.96. The highest BCUT2D eigenvalue weighted by atomic mass is 79.9. The molecule has 0 aromatic heterocycles. The van der Waals surface area contributed by atoms with Crippen LogP contribution in [0.3, 0.4) is 0 Å². The molecule has 4 nitrogen and oxygen atoms in total. The molecule has 0 fully saturated rings. The lowest BCUT2D eigenvalue weighted by molar-refractivity contribution is 0.407. The molecule has 0 saturated heterocycles. The lowest BCUT2D eigenvalue weighted by Gasteiger charge is -2.22. The van der Waals surface area contributed by atoms with E-state index < -0.39 is 20.7 Å². The third-order valence-electron chi connectivity index (χ3n) is 2.54. The van der Waals surface area contributed by atoms with Crippen molar-refractivity contribution in [3.05, 3.63) is 21.4 Å². The number of sulfonamides is 1. The number of nitrogens with zero attached hydrogens (tertiary/aromatic N) is 1. The number of hydrogen-bond donors (Lipinski definition) is 1.